The number of H-pyrrole nitrogens is 1. The second-order valence-corrected chi connectivity index (χ2v) is 7.02. The average molecular weight is 361 g/mol. The summed E-state index contributed by atoms with van der Waals surface area (Å²) >= 11 is 0. The second-order valence-electron chi connectivity index (χ2n) is 7.02. The Kier molecular flexibility index (Phi) is 4.71. The van der Waals surface area contributed by atoms with Crippen LogP contribution in [0.5, 0.6) is 0 Å². The van der Waals surface area contributed by atoms with E-state index in [1.807, 2.05) is 55.1 Å². The van der Waals surface area contributed by atoms with Gasteiger partial charge in [-0.3, -0.25) is 4.79 Å². The molecule has 1 aromatic carbocycles. The number of likely N-dealkylation sites (tertiary alicyclic amines) is 1. The molecule has 1 fully saturated rings. The number of aromatic nitrogens is 4. The van der Waals surface area contributed by atoms with E-state index >= 15 is 0 Å². The summed E-state index contributed by atoms with van der Waals surface area (Å²) in [5.74, 6) is 1.48. The number of hydrogen-bond acceptors (Lipinski definition) is 4. The van der Waals surface area contributed by atoms with Gasteiger partial charge in [-0.25, -0.2) is 15.0 Å². The quantitative estimate of drug-likeness (QED) is 0.769. The number of piperidine rings is 1. The molecule has 2 aromatic heterocycles. The van der Waals surface area contributed by atoms with E-state index in [1.54, 1.807) is 6.20 Å². The lowest BCUT2D eigenvalue weighted by Crippen LogP contribution is -2.39. The summed E-state index contributed by atoms with van der Waals surface area (Å²) in [4.78, 5) is 31.9. The summed E-state index contributed by atoms with van der Waals surface area (Å²) < 4.78 is 0. The first kappa shape index (κ1) is 17.4. The molecule has 1 amide bonds. The number of aryl methyl sites for hydroxylation is 2. The van der Waals surface area contributed by atoms with Crippen molar-refractivity contribution < 1.29 is 4.79 Å². The SMILES string of the molecule is Cc1nc(-c2ncc(C)[nH]2)cc([C@@H]2CCCCN2C(=O)c2ccccc2)n1. The molecule has 0 saturated carbocycles. The van der Waals surface area contributed by atoms with E-state index < -0.39 is 0 Å². The van der Waals surface area contributed by atoms with Gasteiger partial charge in [-0.2, -0.15) is 0 Å². The van der Waals surface area contributed by atoms with Gasteiger partial charge < -0.3 is 9.88 Å². The third-order valence-corrected chi connectivity index (χ3v) is 4.93. The molecule has 4 rings (SSSR count). The molecule has 6 heteroatoms. The van der Waals surface area contributed by atoms with E-state index in [4.69, 9.17) is 0 Å². The molecule has 0 spiro atoms. The lowest BCUT2D eigenvalue weighted by Gasteiger charge is -2.35. The van der Waals surface area contributed by atoms with E-state index in [0.717, 1.165) is 54.3 Å². The Bertz CT molecular complexity index is 950. The van der Waals surface area contributed by atoms with Crippen molar-refractivity contribution in [3.05, 3.63) is 65.4 Å². The smallest absolute Gasteiger partial charge is 0.254 e. The van der Waals surface area contributed by atoms with Crippen molar-refractivity contribution in [3.63, 3.8) is 0 Å². The Labute approximate surface area is 158 Å². The molecule has 1 saturated heterocycles. The van der Waals surface area contributed by atoms with Gasteiger partial charge in [-0.1, -0.05) is 18.2 Å². The fraction of sp³-hybridized carbons (Fsp3) is 0.333. The molecule has 0 radical (unpaired) electrons. The second kappa shape index (κ2) is 7.31. The minimum absolute atomic E-state index is 0.0389. The van der Waals surface area contributed by atoms with Crippen molar-refractivity contribution in [1.82, 2.24) is 24.8 Å². The van der Waals surface area contributed by atoms with Crippen molar-refractivity contribution in [1.29, 1.82) is 0 Å². The molecular weight excluding hydrogens is 338 g/mol. The van der Waals surface area contributed by atoms with Crippen LogP contribution < -0.4 is 0 Å². The Balaban J connectivity index is 1.70. The van der Waals surface area contributed by atoms with Gasteiger partial charge in [-0.15, -0.1) is 0 Å². The highest BCUT2D eigenvalue weighted by atomic mass is 16.2. The maximum absolute atomic E-state index is 13.1. The van der Waals surface area contributed by atoms with Gasteiger partial charge in [0.2, 0.25) is 0 Å². The van der Waals surface area contributed by atoms with Crippen molar-refractivity contribution in [3.8, 4) is 11.5 Å². The zero-order valence-corrected chi connectivity index (χ0v) is 15.6. The molecule has 0 bridgehead atoms. The molecule has 6 nitrogen and oxygen atoms in total. The highest BCUT2D eigenvalue weighted by molar-refractivity contribution is 5.94. The molecule has 0 unspecified atom stereocenters. The highest BCUT2D eigenvalue weighted by Crippen LogP contribution is 2.32. The first-order valence-electron chi connectivity index (χ1n) is 9.35. The summed E-state index contributed by atoms with van der Waals surface area (Å²) in [6.07, 6.45) is 4.80. The molecule has 1 atom stereocenters. The van der Waals surface area contributed by atoms with Crippen LogP contribution in [0.2, 0.25) is 0 Å². The maximum Gasteiger partial charge on any atom is 0.254 e. The van der Waals surface area contributed by atoms with Crippen LogP contribution in [0.3, 0.4) is 0 Å². The number of aromatic amines is 1. The van der Waals surface area contributed by atoms with Crippen LogP contribution in [0.25, 0.3) is 11.5 Å². The molecule has 0 aliphatic carbocycles. The van der Waals surface area contributed by atoms with E-state index in [9.17, 15) is 4.79 Å². The van der Waals surface area contributed by atoms with Crippen molar-refractivity contribution >= 4 is 5.91 Å². The van der Waals surface area contributed by atoms with Gasteiger partial charge in [0.25, 0.3) is 5.91 Å². The minimum Gasteiger partial charge on any atom is -0.341 e. The van der Waals surface area contributed by atoms with Gasteiger partial charge in [0.1, 0.15) is 11.5 Å². The monoisotopic (exact) mass is 361 g/mol. The Morgan fingerprint density at radius 1 is 1.15 bits per heavy atom. The first-order valence-corrected chi connectivity index (χ1v) is 9.35. The van der Waals surface area contributed by atoms with E-state index in [2.05, 4.69) is 19.9 Å². The zero-order chi connectivity index (χ0) is 18.8. The number of hydrogen-bond donors (Lipinski definition) is 1. The third-order valence-electron chi connectivity index (χ3n) is 4.93. The molecule has 1 N–H and O–H groups in total. The summed E-state index contributed by atoms with van der Waals surface area (Å²) in [6.45, 7) is 4.60. The van der Waals surface area contributed by atoms with Crippen molar-refractivity contribution in [2.75, 3.05) is 6.54 Å². The predicted octanol–water partition coefficient (Wildman–Crippen LogP) is 3.85. The molecule has 1 aliphatic rings. The van der Waals surface area contributed by atoms with Crippen LogP contribution in [-0.4, -0.2) is 37.3 Å². The van der Waals surface area contributed by atoms with Gasteiger partial charge in [0.15, 0.2) is 5.82 Å². The van der Waals surface area contributed by atoms with Gasteiger partial charge >= 0.3 is 0 Å². The van der Waals surface area contributed by atoms with E-state index in [-0.39, 0.29) is 11.9 Å². The number of carbonyl (C=O) groups is 1. The van der Waals surface area contributed by atoms with Crippen LogP contribution in [0.1, 0.15) is 52.9 Å². The number of amides is 1. The molecule has 27 heavy (non-hydrogen) atoms. The first-order chi connectivity index (χ1) is 13.1. The summed E-state index contributed by atoms with van der Waals surface area (Å²) in [5, 5.41) is 0. The zero-order valence-electron chi connectivity index (χ0n) is 15.6. The highest BCUT2D eigenvalue weighted by Gasteiger charge is 2.30. The van der Waals surface area contributed by atoms with Crippen LogP contribution in [-0.2, 0) is 0 Å². The standard InChI is InChI=1S/C21H23N5O/c1-14-13-22-20(23-14)18-12-17(24-15(2)25-18)19-10-6-7-11-26(19)21(27)16-8-4-3-5-9-16/h3-5,8-9,12-13,19H,6-7,10-11H2,1-2H3,(H,22,23)/t19-/m0/s1. The molecule has 3 heterocycles. The minimum atomic E-state index is -0.0389. The Hall–Kier alpha value is -3.02. The summed E-state index contributed by atoms with van der Waals surface area (Å²) in [5.41, 5.74) is 3.36. The lowest BCUT2D eigenvalue weighted by molar-refractivity contribution is 0.0605. The van der Waals surface area contributed by atoms with Gasteiger partial charge in [0, 0.05) is 24.0 Å². The Morgan fingerprint density at radius 3 is 2.70 bits per heavy atom. The molecule has 3 aromatic rings. The number of benzene rings is 1. The molecular formula is C21H23N5O. The van der Waals surface area contributed by atoms with Gasteiger partial charge in [-0.05, 0) is 51.3 Å². The number of nitrogens with one attached hydrogen (secondary N) is 1. The van der Waals surface area contributed by atoms with Crippen molar-refractivity contribution in [2.24, 2.45) is 0 Å². The van der Waals surface area contributed by atoms with Gasteiger partial charge in [0.05, 0.1) is 11.7 Å². The van der Waals surface area contributed by atoms with E-state index in [0.29, 0.717) is 5.82 Å². The van der Waals surface area contributed by atoms with Crippen molar-refractivity contribution in [2.45, 2.75) is 39.2 Å². The van der Waals surface area contributed by atoms with Crippen LogP contribution in [0.4, 0.5) is 0 Å². The number of imidazole rings is 1. The maximum atomic E-state index is 13.1. The number of nitrogens with zero attached hydrogens (tertiary/aromatic N) is 4. The number of carbonyl (C=O) groups excluding carboxylic acids is 1. The number of rotatable bonds is 3. The molecule has 1 aliphatic heterocycles. The van der Waals surface area contributed by atoms with E-state index in [1.165, 1.54) is 0 Å². The lowest BCUT2D eigenvalue weighted by atomic mass is 9.97. The molecule has 138 valence electrons. The normalized spacial score (nSPS) is 17.1. The predicted molar refractivity (Wildman–Crippen MR) is 103 cm³/mol. The fourth-order valence-electron chi connectivity index (χ4n) is 3.65. The summed E-state index contributed by atoms with van der Waals surface area (Å²) in [6, 6.07) is 11.4. The van der Waals surface area contributed by atoms with Crippen LogP contribution in [0, 0.1) is 13.8 Å². The van der Waals surface area contributed by atoms with Crippen LogP contribution >= 0.6 is 0 Å². The largest absolute Gasteiger partial charge is 0.341 e. The van der Waals surface area contributed by atoms with Crippen LogP contribution in [0.15, 0.2) is 42.6 Å². The Morgan fingerprint density at radius 2 is 1.96 bits per heavy atom. The summed E-state index contributed by atoms with van der Waals surface area (Å²) in [7, 11) is 0. The topological polar surface area (TPSA) is 74.8 Å². The average Bonchev–Trinajstić information content (AvgIpc) is 3.14. The fourth-order valence-corrected chi connectivity index (χ4v) is 3.65. The third kappa shape index (κ3) is 3.60.